The van der Waals surface area contributed by atoms with Crippen LogP contribution in [0.4, 0.5) is 0 Å². The third-order valence-electron chi connectivity index (χ3n) is 5.83. The van der Waals surface area contributed by atoms with Crippen molar-refractivity contribution >= 4 is 11.6 Å². The first kappa shape index (κ1) is 18.1. The fourth-order valence-electron chi connectivity index (χ4n) is 4.54. The van der Waals surface area contributed by atoms with Crippen molar-refractivity contribution in [1.82, 2.24) is 0 Å². The van der Waals surface area contributed by atoms with Crippen LogP contribution in [-0.2, 0) is 19.4 Å². The van der Waals surface area contributed by atoms with Gasteiger partial charge in [0.25, 0.3) is 0 Å². The quantitative estimate of drug-likeness (QED) is 0.281. The van der Waals surface area contributed by atoms with Crippen LogP contribution in [0.1, 0.15) is 11.1 Å². The smallest absolute Gasteiger partial charge is 0.190 e. The molecule has 1 heterocycles. The molecule has 5 rings (SSSR count). The van der Waals surface area contributed by atoms with Gasteiger partial charge in [0.05, 0.1) is 5.88 Å². The number of benzene rings is 3. The highest BCUT2D eigenvalue weighted by Gasteiger charge is 2.31. The van der Waals surface area contributed by atoms with E-state index in [1.165, 1.54) is 44.8 Å². The summed E-state index contributed by atoms with van der Waals surface area (Å²) in [5.41, 5.74) is 10.6. The monoisotopic (exact) mass is 396 g/mol. The zero-order valence-electron chi connectivity index (χ0n) is 16.3. The molecule has 142 valence electrons. The molecule has 1 nitrogen and oxygen atoms in total. The first-order chi connectivity index (χ1) is 14.4. The lowest BCUT2D eigenvalue weighted by Crippen LogP contribution is -2.42. The van der Waals surface area contributed by atoms with Gasteiger partial charge in [0.1, 0.15) is 0 Å². The van der Waals surface area contributed by atoms with Gasteiger partial charge in [-0.15, -0.1) is 11.6 Å². The summed E-state index contributed by atoms with van der Waals surface area (Å²) in [7, 11) is 0. The van der Waals surface area contributed by atoms with E-state index in [0.717, 1.165) is 19.4 Å². The number of alkyl halides is 1. The van der Waals surface area contributed by atoms with Gasteiger partial charge < -0.3 is 0 Å². The maximum atomic E-state index is 6.30. The Bertz CT molecular complexity index is 1150. The lowest BCUT2D eigenvalue weighted by atomic mass is 9.83. The van der Waals surface area contributed by atoms with Crippen molar-refractivity contribution < 1.29 is 4.57 Å². The molecule has 0 unspecified atom stereocenters. The average Bonchev–Trinajstić information content (AvgIpc) is 2.80. The molecule has 1 aromatic heterocycles. The highest BCUT2D eigenvalue weighted by Crippen LogP contribution is 2.39. The summed E-state index contributed by atoms with van der Waals surface area (Å²) in [6.45, 7) is 0.789. The van der Waals surface area contributed by atoms with E-state index < -0.39 is 0 Å². The number of pyridine rings is 1. The van der Waals surface area contributed by atoms with Crippen LogP contribution in [0.25, 0.3) is 33.6 Å². The summed E-state index contributed by atoms with van der Waals surface area (Å²) in [6.07, 6.45) is 2.13. The Hall–Kier alpha value is -2.90. The lowest BCUT2D eigenvalue weighted by Gasteiger charge is -2.22. The lowest BCUT2D eigenvalue weighted by molar-refractivity contribution is -0.671. The number of nitrogens with zero attached hydrogens (tertiary/aromatic N) is 1. The van der Waals surface area contributed by atoms with Crippen molar-refractivity contribution in [2.24, 2.45) is 0 Å². The van der Waals surface area contributed by atoms with Crippen molar-refractivity contribution in [3.63, 3.8) is 0 Å². The maximum Gasteiger partial charge on any atom is 0.217 e. The van der Waals surface area contributed by atoms with E-state index in [0.29, 0.717) is 5.88 Å². The van der Waals surface area contributed by atoms with E-state index in [-0.39, 0.29) is 0 Å². The van der Waals surface area contributed by atoms with Gasteiger partial charge in [0, 0.05) is 22.8 Å². The summed E-state index contributed by atoms with van der Waals surface area (Å²) >= 11 is 6.30. The Morgan fingerprint density at radius 2 is 1.34 bits per heavy atom. The van der Waals surface area contributed by atoms with Gasteiger partial charge in [-0.3, -0.25) is 0 Å². The van der Waals surface area contributed by atoms with Crippen LogP contribution in [0.5, 0.6) is 0 Å². The van der Waals surface area contributed by atoms with E-state index in [9.17, 15) is 0 Å². The van der Waals surface area contributed by atoms with E-state index in [2.05, 4.69) is 95.6 Å². The van der Waals surface area contributed by atoms with Gasteiger partial charge in [-0.05, 0) is 47.7 Å². The number of rotatable bonds is 4. The highest BCUT2D eigenvalue weighted by molar-refractivity contribution is 6.17. The topological polar surface area (TPSA) is 3.88 Å². The summed E-state index contributed by atoms with van der Waals surface area (Å²) in [5.74, 6) is 0.587. The van der Waals surface area contributed by atoms with Crippen LogP contribution in [0, 0.1) is 0 Å². The van der Waals surface area contributed by atoms with Crippen LogP contribution in [0.3, 0.4) is 0 Å². The van der Waals surface area contributed by atoms with E-state index in [1.807, 2.05) is 0 Å². The second kappa shape index (κ2) is 7.85. The molecule has 0 fully saturated rings. The third-order valence-corrected chi connectivity index (χ3v) is 6.00. The number of fused-ring (bicyclic) bond motifs is 3. The van der Waals surface area contributed by atoms with Crippen LogP contribution < -0.4 is 4.57 Å². The van der Waals surface area contributed by atoms with Gasteiger partial charge in [-0.2, -0.15) is 4.57 Å². The van der Waals surface area contributed by atoms with Crippen LogP contribution in [0.15, 0.2) is 91.0 Å². The Labute approximate surface area is 177 Å². The maximum absolute atomic E-state index is 6.30. The highest BCUT2D eigenvalue weighted by atomic mass is 35.5. The van der Waals surface area contributed by atoms with E-state index >= 15 is 0 Å². The zero-order valence-corrected chi connectivity index (χ0v) is 17.1. The molecule has 0 amide bonds. The Kier molecular flexibility index (Phi) is 4.91. The molecule has 1 aliphatic carbocycles. The molecule has 29 heavy (non-hydrogen) atoms. The molecule has 0 atom stereocenters. The van der Waals surface area contributed by atoms with Crippen LogP contribution in [-0.4, -0.2) is 5.88 Å². The molecule has 4 aromatic rings. The SMILES string of the molecule is ClCC[n+]1c(-c2ccccc2)cc(-c2ccccc2)c2c1-c1ccccc1CC2. The Morgan fingerprint density at radius 1 is 0.690 bits per heavy atom. The minimum absolute atomic E-state index is 0.587. The first-order valence-corrected chi connectivity index (χ1v) is 10.7. The molecule has 2 heteroatoms. The van der Waals surface area contributed by atoms with Gasteiger partial charge in [-0.25, -0.2) is 0 Å². The summed E-state index contributed by atoms with van der Waals surface area (Å²) in [4.78, 5) is 0. The molecule has 0 bridgehead atoms. The minimum atomic E-state index is 0.587. The molecule has 3 aromatic carbocycles. The van der Waals surface area contributed by atoms with Crippen molar-refractivity contribution in [1.29, 1.82) is 0 Å². The van der Waals surface area contributed by atoms with Crippen molar-refractivity contribution in [2.75, 3.05) is 5.88 Å². The largest absolute Gasteiger partial charge is 0.217 e. The molecule has 0 spiro atoms. The second-order valence-electron chi connectivity index (χ2n) is 7.50. The Morgan fingerprint density at radius 3 is 2.07 bits per heavy atom. The fraction of sp³-hybridized carbons (Fsp3) is 0.148. The van der Waals surface area contributed by atoms with E-state index in [4.69, 9.17) is 11.6 Å². The van der Waals surface area contributed by atoms with Crippen molar-refractivity contribution in [3.05, 3.63) is 102 Å². The number of aryl methyl sites for hydroxylation is 1. The standard InChI is InChI=1S/C27H23ClN/c28-17-18-29-26(22-12-5-2-6-13-22)19-25(20-9-3-1-4-10-20)24-16-15-21-11-7-8-14-23(21)27(24)29/h1-14,19H,15-18H2/q+1. The number of halogens is 1. The summed E-state index contributed by atoms with van der Waals surface area (Å²) in [6, 6.07) is 32.6. The molecule has 0 radical (unpaired) electrons. The van der Waals surface area contributed by atoms with Crippen LogP contribution in [0.2, 0.25) is 0 Å². The average molecular weight is 397 g/mol. The predicted molar refractivity (Wildman–Crippen MR) is 121 cm³/mol. The molecule has 0 saturated carbocycles. The molecule has 0 saturated heterocycles. The first-order valence-electron chi connectivity index (χ1n) is 10.2. The predicted octanol–water partition coefficient (Wildman–Crippen LogP) is 6.31. The zero-order chi connectivity index (χ0) is 19.6. The van der Waals surface area contributed by atoms with Crippen molar-refractivity contribution in [3.8, 4) is 33.6 Å². The molecular weight excluding hydrogens is 374 g/mol. The minimum Gasteiger partial charge on any atom is -0.190 e. The van der Waals surface area contributed by atoms with Gasteiger partial charge in [-0.1, -0.05) is 66.7 Å². The molecule has 1 aliphatic rings. The fourth-order valence-corrected chi connectivity index (χ4v) is 4.71. The van der Waals surface area contributed by atoms with Gasteiger partial charge in [0.2, 0.25) is 11.4 Å². The molecular formula is C27H23ClN+. The van der Waals surface area contributed by atoms with Crippen molar-refractivity contribution in [2.45, 2.75) is 19.4 Å². The third kappa shape index (κ3) is 3.26. The Balaban J connectivity index is 1.88. The van der Waals surface area contributed by atoms with Gasteiger partial charge >= 0.3 is 0 Å². The second-order valence-corrected chi connectivity index (χ2v) is 7.88. The number of aromatic nitrogens is 1. The number of hydrogen-bond donors (Lipinski definition) is 0. The van der Waals surface area contributed by atoms with Gasteiger partial charge in [0.15, 0.2) is 6.54 Å². The van der Waals surface area contributed by atoms with E-state index in [1.54, 1.807) is 0 Å². The van der Waals surface area contributed by atoms with Crippen LogP contribution >= 0.6 is 11.6 Å². The molecule has 0 aliphatic heterocycles. The summed E-state index contributed by atoms with van der Waals surface area (Å²) in [5, 5.41) is 0. The normalized spacial score (nSPS) is 12.3. The summed E-state index contributed by atoms with van der Waals surface area (Å²) < 4.78 is 2.43. The number of hydrogen-bond acceptors (Lipinski definition) is 0. The molecule has 0 N–H and O–H groups in total.